The van der Waals surface area contributed by atoms with Gasteiger partial charge in [-0.25, -0.2) is 0 Å². The number of fused-ring (bicyclic) bond motifs is 1. The van der Waals surface area contributed by atoms with E-state index < -0.39 is 0 Å². The van der Waals surface area contributed by atoms with Crippen LogP contribution in [-0.4, -0.2) is 51.4 Å². The largest absolute Gasteiger partial charge is 0.371 e. The van der Waals surface area contributed by atoms with Gasteiger partial charge in [0.25, 0.3) is 0 Å². The number of hydrogen-bond acceptors (Lipinski definition) is 5. The summed E-state index contributed by atoms with van der Waals surface area (Å²) in [5.74, 6) is 0.712. The van der Waals surface area contributed by atoms with Gasteiger partial charge in [-0.1, -0.05) is 30.3 Å². The predicted molar refractivity (Wildman–Crippen MR) is 103 cm³/mol. The van der Waals surface area contributed by atoms with Gasteiger partial charge in [0.05, 0.1) is 11.4 Å². The third-order valence-corrected chi connectivity index (χ3v) is 5.27. The summed E-state index contributed by atoms with van der Waals surface area (Å²) < 4.78 is 1.77. The quantitative estimate of drug-likeness (QED) is 0.708. The van der Waals surface area contributed by atoms with Crippen LogP contribution in [0.5, 0.6) is 0 Å². The number of piperidine rings is 1. The van der Waals surface area contributed by atoms with Gasteiger partial charge in [-0.3, -0.25) is 4.90 Å². The Morgan fingerprint density at radius 2 is 1.92 bits per heavy atom. The maximum Gasteiger partial charge on any atom is 0.200 e. The Balaban J connectivity index is 1.36. The number of rotatable bonds is 5. The lowest BCUT2D eigenvalue weighted by atomic mass is 9.95. The lowest BCUT2D eigenvalue weighted by Crippen LogP contribution is -2.37. The highest BCUT2D eigenvalue weighted by Gasteiger charge is 2.22. The zero-order chi connectivity index (χ0) is 17.9. The summed E-state index contributed by atoms with van der Waals surface area (Å²) in [7, 11) is 2.15. The smallest absolute Gasteiger partial charge is 0.200 e. The van der Waals surface area contributed by atoms with E-state index in [2.05, 4.69) is 68.5 Å². The van der Waals surface area contributed by atoms with E-state index in [4.69, 9.17) is 0 Å². The average molecular weight is 350 g/mol. The van der Waals surface area contributed by atoms with Crippen molar-refractivity contribution >= 4 is 11.3 Å². The average Bonchev–Trinajstić information content (AvgIpc) is 3.11. The van der Waals surface area contributed by atoms with E-state index in [1.165, 1.54) is 31.5 Å². The monoisotopic (exact) mass is 350 g/mol. The molecule has 0 aliphatic carbocycles. The van der Waals surface area contributed by atoms with Gasteiger partial charge in [-0.15, -0.1) is 10.2 Å². The van der Waals surface area contributed by atoms with E-state index >= 15 is 0 Å². The second kappa shape index (κ2) is 7.41. The molecule has 1 aromatic carbocycles. The fourth-order valence-corrected chi connectivity index (χ4v) is 3.87. The molecule has 6 heteroatoms. The first-order valence-corrected chi connectivity index (χ1v) is 9.34. The van der Waals surface area contributed by atoms with Gasteiger partial charge in [0.15, 0.2) is 0 Å². The summed E-state index contributed by atoms with van der Waals surface area (Å²) in [5.41, 5.74) is 4.34. The Hall–Kier alpha value is -2.47. The molecular weight excluding hydrogens is 324 g/mol. The molecule has 4 rings (SSSR count). The first-order valence-electron chi connectivity index (χ1n) is 9.34. The second-order valence-corrected chi connectivity index (χ2v) is 7.36. The summed E-state index contributed by atoms with van der Waals surface area (Å²) in [6.45, 7) is 6.46. The summed E-state index contributed by atoms with van der Waals surface area (Å²) >= 11 is 0. The summed E-state index contributed by atoms with van der Waals surface area (Å²) in [6.07, 6.45) is 4.15. The maximum absolute atomic E-state index is 4.43. The van der Waals surface area contributed by atoms with Crippen LogP contribution in [0.3, 0.4) is 0 Å². The molecule has 136 valence electrons. The van der Waals surface area contributed by atoms with Crippen molar-refractivity contribution in [2.75, 3.05) is 31.6 Å². The molecule has 0 saturated carbocycles. The molecular formula is C20H26N6. The number of anilines is 1. The van der Waals surface area contributed by atoms with Gasteiger partial charge in [-0.2, -0.15) is 9.61 Å². The van der Waals surface area contributed by atoms with Gasteiger partial charge >= 0.3 is 0 Å². The highest BCUT2D eigenvalue weighted by Crippen LogP contribution is 2.24. The Labute approximate surface area is 154 Å². The zero-order valence-electron chi connectivity index (χ0n) is 15.5. The van der Waals surface area contributed by atoms with Crippen LogP contribution in [0.4, 0.5) is 5.69 Å². The minimum absolute atomic E-state index is 0.712. The predicted octanol–water partition coefficient (Wildman–Crippen LogP) is 2.78. The maximum atomic E-state index is 4.43. The lowest BCUT2D eigenvalue weighted by Gasteiger charge is -2.34. The molecule has 0 bridgehead atoms. The third-order valence-electron chi connectivity index (χ3n) is 5.27. The number of nitrogens with zero attached hydrogens (tertiary/aromatic N) is 6. The second-order valence-electron chi connectivity index (χ2n) is 7.36. The van der Waals surface area contributed by atoms with Crippen LogP contribution in [0.1, 0.15) is 24.1 Å². The lowest BCUT2D eigenvalue weighted by molar-refractivity contribution is 0.180. The Morgan fingerprint density at radius 3 is 2.69 bits per heavy atom. The highest BCUT2D eigenvalue weighted by atomic mass is 15.4. The number of likely N-dealkylation sites (tertiary alicyclic amines) is 1. The number of aromatic nitrogens is 4. The van der Waals surface area contributed by atoms with E-state index in [-0.39, 0.29) is 0 Å². The molecule has 1 fully saturated rings. The number of benzene rings is 1. The molecule has 2 aromatic heterocycles. The molecule has 0 N–H and O–H groups in total. The summed E-state index contributed by atoms with van der Waals surface area (Å²) in [5, 5.41) is 12.7. The van der Waals surface area contributed by atoms with Gasteiger partial charge in [0, 0.05) is 20.1 Å². The van der Waals surface area contributed by atoms with Crippen LogP contribution >= 0.6 is 0 Å². The topological polar surface area (TPSA) is 49.6 Å². The molecule has 1 aliphatic heterocycles. The standard InChI is InChI=1S/C20H26N6/c1-16-12-19(20-22-21-15-26(20)23-16)24(2)13-18-8-10-25(11-9-18)14-17-6-4-3-5-7-17/h3-7,12,15,18H,8-11,13-14H2,1-2H3. The van der Waals surface area contributed by atoms with Crippen LogP contribution in [0.2, 0.25) is 0 Å². The minimum atomic E-state index is 0.712. The molecule has 0 unspecified atom stereocenters. The Bertz CT molecular complexity index is 851. The van der Waals surface area contributed by atoms with Crippen LogP contribution in [0.25, 0.3) is 5.65 Å². The number of aryl methyl sites for hydroxylation is 1. The van der Waals surface area contributed by atoms with Gasteiger partial charge in [0.1, 0.15) is 6.33 Å². The van der Waals surface area contributed by atoms with Crippen LogP contribution in [0, 0.1) is 12.8 Å². The van der Waals surface area contributed by atoms with Crippen molar-refractivity contribution in [3.63, 3.8) is 0 Å². The molecule has 0 radical (unpaired) electrons. The van der Waals surface area contributed by atoms with Gasteiger partial charge < -0.3 is 4.90 Å². The minimum Gasteiger partial charge on any atom is -0.371 e. The van der Waals surface area contributed by atoms with E-state index in [0.29, 0.717) is 5.92 Å². The summed E-state index contributed by atoms with van der Waals surface area (Å²) in [4.78, 5) is 4.88. The fourth-order valence-electron chi connectivity index (χ4n) is 3.87. The molecule has 0 spiro atoms. The molecule has 26 heavy (non-hydrogen) atoms. The molecule has 3 aromatic rings. The molecule has 0 amide bonds. The normalized spacial score (nSPS) is 16.2. The van der Waals surface area contributed by atoms with E-state index in [9.17, 15) is 0 Å². The van der Waals surface area contributed by atoms with Crippen LogP contribution in [-0.2, 0) is 6.54 Å². The highest BCUT2D eigenvalue weighted by molar-refractivity contribution is 5.67. The van der Waals surface area contributed by atoms with Crippen molar-refractivity contribution in [2.24, 2.45) is 5.92 Å². The van der Waals surface area contributed by atoms with Crippen molar-refractivity contribution in [3.05, 3.63) is 54.0 Å². The number of hydrogen-bond donors (Lipinski definition) is 0. The van der Waals surface area contributed by atoms with Crippen LogP contribution < -0.4 is 4.90 Å². The SMILES string of the molecule is Cc1cc(N(C)CC2CCN(Cc3ccccc3)CC2)c2nncn2n1. The first kappa shape index (κ1) is 17.0. The van der Waals surface area contributed by atoms with Gasteiger partial charge in [0.2, 0.25) is 5.65 Å². The summed E-state index contributed by atoms with van der Waals surface area (Å²) in [6, 6.07) is 12.9. The molecule has 1 saturated heterocycles. The Morgan fingerprint density at radius 1 is 1.15 bits per heavy atom. The molecule has 0 atom stereocenters. The van der Waals surface area contributed by atoms with Gasteiger partial charge in [-0.05, 0) is 50.4 Å². The molecule has 3 heterocycles. The van der Waals surface area contributed by atoms with E-state index in [1.54, 1.807) is 10.8 Å². The fraction of sp³-hybridized carbons (Fsp3) is 0.450. The Kier molecular flexibility index (Phi) is 4.84. The first-order chi connectivity index (χ1) is 12.7. The van der Waals surface area contributed by atoms with Crippen molar-refractivity contribution in [1.82, 2.24) is 24.7 Å². The van der Waals surface area contributed by atoms with E-state index in [1.807, 2.05) is 6.92 Å². The molecule has 1 aliphatic rings. The van der Waals surface area contributed by atoms with E-state index in [0.717, 1.165) is 30.1 Å². The van der Waals surface area contributed by atoms with Crippen LogP contribution in [0.15, 0.2) is 42.7 Å². The molecule has 6 nitrogen and oxygen atoms in total. The third kappa shape index (κ3) is 3.70. The zero-order valence-corrected chi connectivity index (χ0v) is 15.5. The van der Waals surface area contributed by atoms with Crippen molar-refractivity contribution in [1.29, 1.82) is 0 Å². The van der Waals surface area contributed by atoms with Crippen molar-refractivity contribution in [2.45, 2.75) is 26.3 Å². The van der Waals surface area contributed by atoms with Crippen molar-refractivity contribution in [3.8, 4) is 0 Å². The van der Waals surface area contributed by atoms with Crippen molar-refractivity contribution < 1.29 is 0 Å².